The lowest BCUT2D eigenvalue weighted by molar-refractivity contribution is -0.176. The van der Waals surface area contributed by atoms with Gasteiger partial charge in [-0.1, -0.05) is 30.3 Å². The molecule has 0 radical (unpaired) electrons. The van der Waals surface area contributed by atoms with Crippen LogP contribution in [0.3, 0.4) is 0 Å². The molecule has 0 saturated carbocycles. The van der Waals surface area contributed by atoms with Crippen LogP contribution in [0.15, 0.2) is 30.3 Å². The monoisotopic (exact) mass is 464 g/mol. The first-order chi connectivity index (χ1) is 15.0. The zero-order valence-corrected chi connectivity index (χ0v) is 18.8. The summed E-state index contributed by atoms with van der Waals surface area (Å²) in [6, 6.07) is 6.57. The van der Waals surface area contributed by atoms with Crippen LogP contribution in [0.1, 0.15) is 26.3 Å². The molecule has 1 aromatic carbocycles. The van der Waals surface area contributed by atoms with Crippen molar-refractivity contribution < 1.29 is 37.7 Å². The summed E-state index contributed by atoms with van der Waals surface area (Å²) in [5.41, 5.74) is 0.751. The Kier molecular flexibility index (Phi) is 6.49. The molecule has 1 aromatic rings. The standard InChI is InChI=1S/C21H24N2O8S/c1-11(24)15(19(27)30-4)31-20(28)16-21(2,3)32(29)18-14(17(26)23(16)18)22-13(25)10-12-8-6-5-7-9-12/h5-9,14-16,18H,10H2,1-4H3,(H,22,25). The summed E-state index contributed by atoms with van der Waals surface area (Å²) < 4.78 is 21.4. The fraction of sp³-hybridized carbons (Fsp3) is 0.476. The van der Waals surface area contributed by atoms with Gasteiger partial charge in [-0.05, 0) is 26.3 Å². The molecule has 32 heavy (non-hydrogen) atoms. The molecule has 172 valence electrons. The molecule has 2 aliphatic rings. The molecule has 5 atom stereocenters. The molecule has 1 N–H and O–H groups in total. The number of methoxy groups -OCH3 is 1. The maximum Gasteiger partial charge on any atom is 0.355 e. The normalized spacial score (nSPS) is 26.4. The van der Waals surface area contributed by atoms with Gasteiger partial charge >= 0.3 is 11.9 Å². The van der Waals surface area contributed by atoms with Crippen LogP contribution >= 0.6 is 0 Å². The second kappa shape index (κ2) is 8.81. The highest BCUT2D eigenvalue weighted by molar-refractivity contribution is 7.87. The summed E-state index contributed by atoms with van der Waals surface area (Å²) >= 11 is 0. The largest absolute Gasteiger partial charge is 0.466 e. The molecule has 0 aromatic heterocycles. The molecule has 2 aliphatic heterocycles. The SMILES string of the molecule is COC(=O)C(OC(=O)C1N2C(=O)C(NC(=O)Cc3ccccc3)C2S(=O)C1(C)C)C(C)=O. The minimum Gasteiger partial charge on any atom is -0.466 e. The van der Waals surface area contributed by atoms with Crippen molar-refractivity contribution >= 4 is 40.3 Å². The Bertz CT molecular complexity index is 993. The van der Waals surface area contributed by atoms with Crippen LogP contribution in [-0.4, -0.2) is 74.1 Å². The number of nitrogens with zero attached hydrogens (tertiary/aromatic N) is 1. The van der Waals surface area contributed by atoms with Crippen LogP contribution in [0.4, 0.5) is 0 Å². The van der Waals surface area contributed by atoms with E-state index in [2.05, 4.69) is 10.1 Å². The third-order valence-electron chi connectivity index (χ3n) is 5.52. The van der Waals surface area contributed by atoms with Gasteiger partial charge in [0.2, 0.25) is 11.8 Å². The number of fused-ring (bicyclic) bond motifs is 1. The van der Waals surface area contributed by atoms with Crippen molar-refractivity contribution in [1.29, 1.82) is 0 Å². The second-order valence-corrected chi connectivity index (χ2v) is 10.2. The predicted molar refractivity (Wildman–Crippen MR) is 111 cm³/mol. The van der Waals surface area contributed by atoms with Crippen molar-refractivity contribution in [2.24, 2.45) is 0 Å². The van der Waals surface area contributed by atoms with Crippen LogP contribution in [0.5, 0.6) is 0 Å². The van der Waals surface area contributed by atoms with Crippen molar-refractivity contribution in [2.75, 3.05) is 7.11 Å². The number of benzene rings is 1. The zero-order chi connectivity index (χ0) is 23.8. The highest BCUT2D eigenvalue weighted by Crippen LogP contribution is 2.44. The third kappa shape index (κ3) is 4.04. The summed E-state index contributed by atoms with van der Waals surface area (Å²) in [5.74, 6) is -3.86. The Labute approximate surface area is 187 Å². The number of hydrogen-bond donors (Lipinski definition) is 1. The first kappa shape index (κ1) is 23.6. The maximum absolute atomic E-state index is 13.1. The minimum atomic E-state index is -1.78. The molecule has 3 rings (SSSR count). The van der Waals surface area contributed by atoms with Gasteiger partial charge < -0.3 is 19.7 Å². The van der Waals surface area contributed by atoms with Gasteiger partial charge in [-0.2, -0.15) is 0 Å². The quantitative estimate of drug-likeness (QED) is 0.323. The van der Waals surface area contributed by atoms with Gasteiger partial charge in [-0.15, -0.1) is 0 Å². The van der Waals surface area contributed by atoms with E-state index < -0.39 is 68.6 Å². The first-order valence-electron chi connectivity index (χ1n) is 9.85. The van der Waals surface area contributed by atoms with E-state index in [0.717, 1.165) is 24.5 Å². The van der Waals surface area contributed by atoms with Crippen LogP contribution in [0.2, 0.25) is 0 Å². The minimum absolute atomic E-state index is 0.0399. The number of carbonyl (C=O) groups is 5. The van der Waals surface area contributed by atoms with Crippen molar-refractivity contribution in [3.8, 4) is 0 Å². The number of β-lactam (4-membered cyclic amide) rings is 1. The van der Waals surface area contributed by atoms with Gasteiger partial charge in [0.25, 0.3) is 6.10 Å². The van der Waals surface area contributed by atoms with Crippen LogP contribution in [0.25, 0.3) is 0 Å². The lowest BCUT2D eigenvalue weighted by Crippen LogP contribution is -2.71. The van der Waals surface area contributed by atoms with Crippen LogP contribution < -0.4 is 5.32 Å². The number of hydrogen-bond acceptors (Lipinski definition) is 8. The number of ether oxygens (including phenoxy) is 2. The number of ketones is 1. The molecular formula is C21H24N2O8S. The zero-order valence-electron chi connectivity index (χ0n) is 18.0. The summed E-state index contributed by atoms with van der Waals surface area (Å²) in [5, 5.41) is 1.67. The van der Waals surface area contributed by atoms with E-state index in [4.69, 9.17) is 4.74 Å². The predicted octanol–water partition coefficient (Wildman–Crippen LogP) is -0.534. The summed E-state index contributed by atoms with van der Waals surface area (Å²) in [7, 11) is -0.695. The maximum atomic E-state index is 13.1. The Hall–Kier alpha value is -3.08. The topological polar surface area (TPSA) is 136 Å². The average molecular weight is 464 g/mol. The van der Waals surface area contributed by atoms with Crippen molar-refractivity contribution in [1.82, 2.24) is 10.2 Å². The van der Waals surface area contributed by atoms with E-state index in [1.165, 1.54) is 13.8 Å². The van der Waals surface area contributed by atoms with Gasteiger partial charge in [-0.3, -0.25) is 18.6 Å². The summed E-state index contributed by atoms with van der Waals surface area (Å²) in [6.07, 6.45) is -1.74. The Morgan fingerprint density at radius 1 is 1.19 bits per heavy atom. The molecule has 2 amide bonds. The smallest absolute Gasteiger partial charge is 0.355 e. The molecule has 11 heteroatoms. The summed E-state index contributed by atoms with van der Waals surface area (Å²) in [6.45, 7) is 4.09. The molecule has 0 spiro atoms. The molecule has 0 aliphatic carbocycles. The van der Waals surface area contributed by atoms with Gasteiger partial charge in [0.05, 0.1) is 29.1 Å². The molecule has 0 bridgehead atoms. The van der Waals surface area contributed by atoms with Gasteiger partial charge in [0.15, 0.2) is 5.78 Å². The fourth-order valence-corrected chi connectivity index (χ4v) is 5.78. The number of Topliss-reactive ketones (excluding diaryl/α,β-unsaturated/α-hetero) is 1. The van der Waals surface area contributed by atoms with Gasteiger partial charge in [0.1, 0.15) is 17.5 Å². The summed E-state index contributed by atoms with van der Waals surface area (Å²) in [4.78, 5) is 62.6. The Balaban J connectivity index is 1.75. The van der Waals surface area contributed by atoms with E-state index >= 15 is 0 Å². The second-order valence-electron chi connectivity index (χ2n) is 8.10. The van der Waals surface area contributed by atoms with Crippen molar-refractivity contribution in [2.45, 2.75) is 55.5 Å². The molecule has 10 nitrogen and oxygen atoms in total. The number of rotatable bonds is 7. The highest BCUT2D eigenvalue weighted by atomic mass is 32.2. The molecule has 5 unspecified atom stereocenters. The Morgan fingerprint density at radius 2 is 1.81 bits per heavy atom. The molecule has 2 heterocycles. The van der Waals surface area contributed by atoms with Crippen LogP contribution in [0, 0.1) is 0 Å². The lowest BCUT2D eigenvalue weighted by Gasteiger charge is -2.43. The van der Waals surface area contributed by atoms with Gasteiger partial charge in [-0.25, -0.2) is 9.59 Å². The van der Waals surface area contributed by atoms with Crippen LogP contribution in [-0.2, 0) is 50.7 Å². The Morgan fingerprint density at radius 3 is 2.38 bits per heavy atom. The number of carbonyl (C=O) groups excluding carboxylic acids is 5. The average Bonchev–Trinajstić information content (AvgIpc) is 2.93. The van der Waals surface area contributed by atoms with E-state index in [-0.39, 0.29) is 6.42 Å². The van der Waals surface area contributed by atoms with E-state index in [9.17, 15) is 28.2 Å². The lowest BCUT2D eigenvalue weighted by atomic mass is 9.95. The van der Waals surface area contributed by atoms with E-state index in [1.807, 2.05) is 6.07 Å². The number of amides is 2. The number of nitrogens with one attached hydrogen (secondary N) is 1. The molecule has 2 saturated heterocycles. The third-order valence-corrected chi connectivity index (χ3v) is 7.72. The molecule has 2 fully saturated rings. The van der Waals surface area contributed by atoms with Crippen molar-refractivity contribution in [3.05, 3.63) is 35.9 Å². The molecular weight excluding hydrogens is 440 g/mol. The van der Waals surface area contributed by atoms with E-state index in [1.54, 1.807) is 24.3 Å². The van der Waals surface area contributed by atoms with Crippen molar-refractivity contribution in [3.63, 3.8) is 0 Å². The first-order valence-corrected chi connectivity index (χ1v) is 11.1. The van der Waals surface area contributed by atoms with Gasteiger partial charge in [0, 0.05) is 0 Å². The number of esters is 2. The van der Waals surface area contributed by atoms with E-state index in [0.29, 0.717) is 0 Å². The fourth-order valence-electron chi connectivity index (χ4n) is 3.86. The highest BCUT2D eigenvalue weighted by Gasteiger charge is 2.68.